The first-order valence-corrected chi connectivity index (χ1v) is 12.1. The highest BCUT2D eigenvalue weighted by molar-refractivity contribution is 7.77. The highest BCUT2D eigenvalue weighted by Crippen LogP contribution is 2.38. The first-order chi connectivity index (χ1) is 15.6. The summed E-state index contributed by atoms with van der Waals surface area (Å²) in [5.74, 6) is 0.756. The molecule has 0 bridgehead atoms. The number of benzene rings is 3. The summed E-state index contributed by atoms with van der Waals surface area (Å²) >= 11 is -2.09. The molecule has 168 valence electrons. The average Bonchev–Trinajstić information content (AvgIpc) is 2.84. The van der Waals surface area contributed by atoms with Crippen molar-refractivity contribution in [2.75, 3.05) is 7.11 Å². The molecule has 32 heavy (non-hydrogen) atoms. The molecule has 5 nitrogen and oxygen atoms in total. The highest BCUT2D eigenvalue weighted by atomic mass is 32.2. The molecule has 1 fully saturated rings. The Morgan fingerprint density at radius 1 is 0.969 bits per heavy atom. The van der Waals surface area contributed by atoms with E-state index in [1.54, 1.807) is 7.11 Å². The summed E-state index contributed by atoms with van der Waals surface area (Å²) < 4.78 is 29.6. The summed E-state index contributed by atoms with van der Waals surface area (Å²) in [6.45, 7) is 0.811. The average molecular weight is 451 g/mol. The number of rotatable bonds is 8. The van der Waals surface area contributed by atoms with Gasteiger partial charge in [0.1, 0.15) is 5.75 Å². The fourth-order valence-electron chi connectivity index (χ4n) is 4.56. The largest absolute Gasteiger partial charge is 0.497 e. The monoisotopic (exact) mass is 450 g/mol. The molecule has 6 heteroatoms. The van der Waals surface area contributed by atoms with Gasteiger partial charge in [0.15, 0.2) is 0 Å². The fraction of sp³-hybridized carbons (Fsp3) is 0.308. The number of hydrogen-bond donors (Lipinski definition) is 3. The van der Waals surface area contributed by atoms with Crippen LogP contribution in [-0.2, 0) is 23.4 Å². The summed E-state index contributed by atoms with van der Waals surface area (Å²) in [7, 11) is 1.64. The van der Waals surface area contributed by atoms with Crippen molar-refractivity contribution in [1.82, 2.24) is 10.0 Å². The van der Waals surface area contributed by atoms with E-state index in [9.17, 15) is 8.76 Å². The molecule has 0 aliphatic heterocycles. The van der Waals surface area contributed by atoms with Gasteiger partial charge in [0.2, 0.25) is 11.3 Å². The van der Waals surface area contributed by atoms with Gasteiger partial charge in [0.25, 0.3) is 0 Å². The lowest BCUT2D eigenvalue weighted by Gasteiger charge is -2.40. The maximum absolute atomic E-state index is 11.7. The van der Waals surface area contributed by atoms with E-state index in [-0.39, 0.29) is 0 Å². The van der Waals surface area contributed by atoms with Gasteiger partial charge in [-0.05, 0) is 60.1 Å². The zero-order valence-corrected chi connectivity index (χ0v) is 19.1. The van der Waals surface area contributed by atoms with Crippen LogP contribution in [-0.4, -0.2) is 21.9 Å². The molecular weight excluding hydrogens is 420 g/mol. The first kappa shape index (κ1) is 22.7. The highest BCUT2D eigenvalue weighted by Gasteiger charge is 2.38. The lowest BCUT2D eigenvalue weighted by molar-refractivity contribution is 0.229. The topological polar surface area (TPSA) is 70.6 Å². The molecule has 0 spiro atoms. The lowest BCUT2D eigenvalue weighted by atomic mass is 9.75. The van der Waals surface area contributed by atoms with E-state index >= 15 is 0 Å². The molecule has 0 saturated heterocycles. The van der Waals surface area contributed by atoms with Crippen LogP contribution in [0.15, 0.2) is 78.9 Å². The van der Waals surface area contributed by atoms with Gasteiger partial charge < -0.3 is 10.1 Å². The Morgan fingerprint density at radius 2 is 1.66 bits per heavy atom. The molecule has 3 aromatic rings. The van der Waals surface area contributed by atoms with Gasteiger partial charge in [0.05, 0.1) is 12.6 Å². The quantitative estimate of drug-likeness (QED) is 0.422. The minimum Gasteiger partial charge on any atom is -0.497 e. The minimum absolute atomic E-state index is 0.372. The SMILES string of the molecule is COc1cccc(C2(NS(=O)O)CCC(NCc3ccc(-c4ccccc4)cc3)CC2)c1. The number of nitrogens with one attached hydrogen (secondary N) is 2. The summed E-state index contributed by atoms with van der Waals surface area (Å²) in [4.78, 5) is 0. The van der Waals surface area contributed by atoms with Crippen molar-refractivity contribution in [1.29, 1.82) is 0 Å². The van der Waals surface area contributed by atoms with Gasteiger partial charge >= 0.3 is 0 Å². The molecule has 4 rings (SSSR count). The second-order valence-electron chi connectivity index (χ2n) is 8.38. The Morgan fingerprint density at radius 3 is 2.31 bits per heavy atom. The van der Waals surface area contributed by atoms with Crippen LogP contribution in [0, 0.1) is 0 Å². The van der Waals surface area contributed by atoms with E-state index in [1.165, 1.54) is 16.7 Å². The summed E-state index contributed by atoms with van der Waals surface area (Å²) in [5.41, 5.74) is 4.17. The van der Waals surface area contributed by atoms with Crippen molar-refractivity contribution in [3.8, 4) is 16.9 Å². The van der Waals surface area contributed by atoms with Gasteiger partial charge in [-0.1, -0.05) is 66.7 Å². The molecule has 1 atom stereocenters. The van der Waals surface area contributed by atoms with Crippen LogP contribution in [0.1, 0.15) is 36.8 Å². The molecular formula is C26H30N2O3S. The van der Waals surface area contributed by atoms with E-state index in [0.717, 1.165) is 43.5 Å². The second kappa shape index (κ2) is 10.4. The second-order valence-corrected chi connectivity index (χ2v) is 9.09. The fourth-order valence-corrected chi connectivity index (χ4v) is 5.22. The van der Waals surface area contributed by atoms with Crippen molar-refractivity contribution >= 4 is 11.3 Å². The molecule has 0 radical (unpaired) electrons. The predicted octanol–water partition coefficient (Wildman–Crippen LogP) is 5.02. The van der Waals surface area contributed by atoms with Gasteiger partial charge in [-0.3, -0.25) is 4.55 Å². The molecule has 1 saturated carbocycles. The van der Waals surface area contributed by atoms with Gasteiger partial charge in [-0.2, -0.15) is 0 Å². The number of methoxy groups -OCH3 is 1. The third-order valence-corrected chi connectivity index (χ3v) is 6.97. The maximum Gasteiger partial charge on any atom is 0.232 e. The Bertz CT molecular complexity index is 1030. The molecule has 0 heterocycles. The molecule has 0 amide bonds. The van der Waals surface area contributed by atoms with Gasteiger partial charge in [-0.15, -0.1) is 0 Å². The minimum atomic E-state index is -2.09. The van der Waals surface area contributed by atoms with Crippen LogP contribution < -0.4 is 14.8 Å². The van der Waals surface area contributed by atoms with E-state index < -0.39 is 16.8 Å². The van der Waals surface area contributed by atoms with Crippen molar-refractivity contribution < 1.29 is 13.5 Å². The standard InChI is InChI=1S/C26H30N2O3S/c1-31-25-9-5-8-23(18-25)26(28-32(29)30)16-14-24(15-17-26)27-19-20-10-12-22(13-11-20)21-6-3-2-4-7-21/h2-13,18,24,27-28H,14-17,19H2,1H3,(H,29,30). The van der Waals surface area contributed by atoms with Crippen LogP contribution in [0.25, 0.3) is 11.1 Å². The molecule has 3 aromatic carbocycles. The van der Waals surface area contributed by atoms with E-state index in [2.05, 4.69) is 58.6 Å². The lowest BCUT2D eigenvalue weighted by Crippen LogP contribution is -2.48. The summed E-state index contributed by atoms with van der Waals surface area (Å²) in [6, 6.07) is 27.2. The van der Waals surface area contributed by atoms with Crippen LogP contribution in [0.3, 0.4) is 0 Å². The maximum atomic E-state index is 11.7. The number of hydrogen-bond acceptors (Lipinski definition) is 3. The predicted molar refractivity (Wildman–Crippen MR) is 130 cm³/mol. The van der Waals surface area contributed by atoms with Crippen LogP contribution in [0.5, 0.6) is 5.75 Å². The Labute approximate surface area is 192 Å². The van der Waals surface area contributed by atoms with E-state index in [0.29, 0.717) is 6.04 Å². The third kappa shape index (κ3) is 5.45. The van der Waals surface area contributed by atoms with E-state index in [1.807, 2.05) is 30.3 Å². The Hall–Kier alpha value is -2.51. The Balaban J connectivity index is 1.37. The summed E-state index contributed by atoms with van der Waals surface area (Å²) in [5, 5.41) is 3.67. The van der Waals surface area contributed by atoms with Gasteiger partial charge in [-0.25, -0.2) is 8.93 Å². The molecule has 1 aliphatic rings. The zero-order valence-electron chi connectivity index (χ0n) is 18.3. The first-order valence-electron chi connectivity index (χ1n) is 11.0. The molecule has 1 aliphatic carbocycles. The smallest absolute Gasteiger partial charge is 0.232 e. The van der Waals surface area contributed by atoms with Crippen molar-refractivity contribution in [3.63, 3.8) is 0 Å². The van der Waals surface area contributed by atoms with Crippen molar-refractivity contribution in [2.45, 2.75) is 43.8 Å². The van der Waals surface area contributed by atoms with E-state index in [4.69, 9.17) is 4.74 Å². The van der Waals surface area contributed by atoms with Crippen molar-refractivity contribution in [3.05, 3.63) is 90.0 Å². The van der Waals surface area contributed by atoms with Crippen LogP contribution in [0.4, 0.5) is 0 Å². The summed E-state index contributed by atoms with van der Waals surface area (Å²) in [6.07, 6.45) is 3.39. The van der Waals surface area contributed by atoms with Gasteiger partial charge in [0, 0.05) is 12.6 Å². The molecule has 3 N–H and O–H groups in total. The molecule has 1 unspecified atom stereocenters. The van der Waals surface area contributed by atoms with Crippen molar-refractivity contribution in [2.24, 2.45) is 0 Å². The van der Waals surface area contributed by atoms with Crippen LogP contribution >= 0.6 is 0 Å². The zero-order chi connectivity index (χ0) is 22.4. The van der Waals surface area contributed by atoms with Crippen LogP contribution in [0.2, 0.25) is 0 Å². The Kier molecular flexibility index (Phi) is 7.37. The third-order valence-electron chi connectivity index (χ3n) is 6.40. The molecule has 0 aromatic heterocycles. The number of ether oxygens (including phenoxy) is 1. The normalized spacial score (nSPS) is 21.8.